The van der Waals surface area contributed by atoms with Crippen LogP contribution < -0.4 is 5.73 Å². The lowest BCUT2D eigenvalue weighted by molar-refractivity contribution is -0.0328. The molecule has 0 aliphatic carbocycles. The van der Waals surface area contributed by atoms with E-state index in [1.165, 1.54) is 24.3 Å². The number of hydrogen-bond acceptors (Lipinski definition) is 2. The number of alkyl halides is 4. The number of rotatable bonds is 4. The summed E-state index contributed by atoms with van der Waals surface area (Å²) in [5.74, 6) is 0. The summed E-state index contributed by atoms with van der Waals surface area (Å²) in [6.45, 7) is -0.541. The van der Waals surface area contributed by atoms with Gasteiger partial charge in [-0.05, 0) is 35.9 Å². The van der Waals surface area contributed by atoms with Gasteiger partial charge in [-0.3, -0.25) is 4.39 Å². The Kier molecular flexibility index (Phi) is 4.61. The zero-order chi connectivity index (χ0) is 12.2. The van der Waals surface area contributed by atoms with E-state index >= 15 is 0 Å². The van der Waals surface area contributed by atoms with Crippen LogP contribution in [0.25, 0.3) is 0 Å². The second-order valence-electron chi connectivity index (χ2n) is 3.20. The molecule has 0 heterocycles. The summed E-state index contributed by atoms with van der Waals surface area (Å²) >= 11 is -0.180. The first kappa shape index (κ1) is 13.3. The van der Waals surface area contributed by atoms with E-state index < -0.39 is 18.2 Å². The third-order valence-corrected chi connectivity index (χ3v) is 2.70. The van der Waals surface area contributed by atoms with Crippen molar-refractivity contribution in [3.63, 3.8) is 0 Å². The minimum atomic E-state index is -4.29. The van der Waals surface area contributed by atoms with Crippen LogP contribution >= 0.6 is 11.8 Å². The van der Waals surface area contributed by atoms with E-state index in [1.807, 2.05) is 0 Å². The molecule has 0 radical (unpaired) electrons. The molecular weight excluding hydrogens is 242 g/mol. The maximum Gasteiger partial charge on any atom is 0.446 e. The van der Waals surface area contributed by atoms with Gasteiger partial charge in [0.15, 0.2) is 0 Å². The smallest absolute Gasteiger partial charge is 0.324 e. The summed E-state index contributed by atoms with van der Waals surface area (Å²) in [6, 6.07) is 5.20. The first-order valence-electron chi connectivity index (χ1n) is 4.59. The third kappa shape index (κ3) is 4.40. The molecule has 0 bridgehead atoms. The highest BCUT2D eigenvalue weighted by Gasteiger charge is 2.29. The number of nitrogens with two attached hydrogens (primary N) is 1. The summed E-state index contributed by atoms with van der Waals surface area (Å²) in [5.41, 5.74) is 1.97. The van der Waals surface area contributed by atoms with E-state index in [9.17, 15) is 17.6 Å². The molecule has 0 fully saturated rings. The molecule has 0 aromatic heterocycles. The van der Waals surface area contributed by atoms with Crippen molar-refractivity contribution in [3.8, 4) is 0 Å². The normalized spacial score (nSPS) is 13.8. The SMILES string of the molecule is N[C@H](CCF)c1ccc(SC(F)(F)F)cc1. The van der Waals surface area contributed by atoms with Crippen LogP contribution in [0.1, 0.15) is 18.0 Å². The van der Waals surface area contributed by atoms with Crippen molar-refractivity contribution in [2.24, 2.45) is 5.73 Å². The number of benzene rings is 1. The van der Waals surface area contributed by atoms with Crippen LogP contribution in [0.4, 0.5) is 17.6 Å². The Hall–Kier alpha value is -0.750. The predicted molar refractivity (Wildman–Crippen MR) is 55.9 cm³/mol. The molecule has 0 unspecified atom stereocenters. The molecule has 1 aromatic rings. The van der Waals surface area contributed by atoms with Crippen molar-refractivity contribution in [2.45, 2.75) is 22.9 Å². The Labute approximate surface area is 95.0 Å². The second-order valence-corrected chi connectivity index (χ2v) is 4.34. The van der Waals surface area contributed by atoms with Gasteiger partial charge in [0.25, 0.3) is 0 Å². The molecule has 0 aliphatic heterocycles. The highest BCUT2D eigenvalue weighted by molar-refractivity contribution is 8.00. The van der Waals surface area contributed by atoms with Gasteiger partial charge in [0, 0.05) is 10.9 Å². The largest absolute Gasteiger partial charge is 0.446 e. The number of thioether (sulfide) groups is 1. The number of hydrogen-bond donors (Lipinski definition) is 1. The average Bonchev–Trinajstić information content (AvgIpc) is 2.16. The Morgan fingerprint density at radius 2 is 1.75 bits per heavy atom. The molecule has 1 rings (SSSR count). The molecule has 1 nitrogen and oxygen atoms in total. The number of halogens is 4. The molecule has 0 aliphatic rings. The Bertz CT molecular complexity index is 323. The van der Waals surface area contributed by atoms with Crippen LogP contribution in [0, 0.1) is 0 Å². The van der Waals surface area contributed by atoms with E-state index in [2.05, 4.69) is 0 Å². The van der Waals surface area contributed by atoms with Crippen molar-refractivity contribution < 1.29 is 17.6 Å². The van der Waals surface area contributed by atoms with Crippen molar-refractivity contribution >= 4 is 11.8 Å². The summed E-state index contributed by atoms with van der Waals surface area (Å²) in [5, 5.41) is 0. The second kappa shape index (κ2) is 5.54. The molecule has 6 heteroatoms. The predicted octanol–water partition coefficient (Wildman–Crippen LogP) is 3.66. The maximum absolute atomic E-state index is 12.0. The Morgan fingerprint density at radius 1 is 1.19 bits per heavy atom. The van der Waals surface area contributed by atoms with E-state index in [0.717, 1.165) is 0 Å². The highest BCUT2D eigenvalue weighted by atomic mass is 32.2. The van der Waals surface area contributed by atoms with Gasteiger partial charge in [-0.25, -0.2) is 0 Å². The van der Waals surface area contributed by atoms with Gasteiger partial charge in [-0.2, -0.15) is 13.2 Å². The van der Waals surface area contributed by atoms with Gasteiger partial charge < -0.3 is 5.73 Å². The molecule has 90 valence electrons. The Morgan fingerprint density at radius 3 is 2.19 bits per heavy atom. The van der Waals surface area contributed by atoms with Crippen molar-refractivity contribution in [2.75, 3.05) is 6.67 Å². The standard InChI is InChI=1S/C10H11F4NS/c11-6-5-9(15)7-1-3-8(4-2-7)16-10(12,13)14/h1-4,9H,5-6,15H2/t9-/m1/s1. The highest BCUT2D eigenvalue weighted by Crippen LogP contribution is 2.36. The molecule has 0 spiro atoms. The summed E-state index contributed by atoms with van der Waals surface area (Å²) in [7, 11) is 0. The lowest BCUT2D eigenvalue weighted by Crippen LogP contribution is -2.10. The van der Waals surface area contributed by atoms with Gasteiger partial charge in [0.05, 0.1) is 6.67 Å². The molecular formula is C10H11F4NS. The molecule has 0 saturated carbocycles. The van der Waals surface area contributed by atoms with Crippen molar-refractivity contribution in [1.29, 1.82) is 0 Å². The van der Waals surface area contributed by atoms with E-state index in [1.54, 1.807) is 0 Å². The van der Waals surface area contributed by atoms with E-state index in [-0.39, 0.29) is 23.1 Å². The van der Waals surface area contributed by atoms with Crippen LogP contribution in [-0.2, 0) is 0 Å². The van der Waals surface area contributed by atoms with Gasteiger partial charge in [0.2, 0.25) is 0 Å². The molecule has 2 N–H and O–H groups in total. The zero-order valence-electron chi connectivity index (χ0n) is 8.30. The summed E-state index contributed by atoms with van der Waals surface area (Å²) < 4.78 is 48.0. The maximum atomic E-state index is 12.0. The topological polar surface area (TPSA) is 26.0 Å². The molecule has 16 heavy (non-hydrogen) atoms. The average molecular weight is 253 g/mol. The molecule has 0 amide bonds. The van der Waals surface area contributed by atoms with Crippen LogP contribution in [0.15, 0.2) is 29.2 Å². The monoisotopic (exact) mass is 253 g/mol. The minimum absolute atomic E-state index is 0.101. The minimum Gasteiger partial charge on any atom is -0.324 e. The lowest BCUT2D eigenvalue weighted by atomic mass is 10.1. The van der Waals surface area contributed by atoms with Gasteiger partial charge in [-0.1, -0.05) is 12.1 Å². The summed E-state index contributed by atoms with van der Waals surface area (Å²) in [4.78, 5) is 0.101. The third-order valence-electron chi connectivity index (χ3n) is 1.96. The fraction of sp³-hybridized carbons (Fsp3) is 0.400. The van der Waals surface area contributed by atoms with Crippen LogP contribution in [-0.4, -0.2) is 12.2 Å². The fourth-order valence-corrected chi connectivity index (χ4v) is 1.74. The van der Waals surface area contributed by atoms with Crippen molar-refractivity contribution in [3.05, 3.63) is 29.8 Å². The van der Waals surface area contributed by atoms with Crippen LogP contribution in [0.5, 0.6) is 0 Å². The van der Waals surface area contributed by atoms with Crippen LogP contribution in [0.2, 0.25) is 0 Å². The van der Waals surface area contributed by atoms with Gasteiger partial charge in [-0.15, -0.1) is 0 Å². The Balaban J connectivity index is 2.68. The van der Waals surface area contributed by atoms with Gasteiger partial charge >= 0.3 is 5.51 Å². The first-order chi connectivity index (χ1) is 7.42. The van der Waals surface area contributed by atoms with E-state index in [4.69, 9.17) is 5.73 Å². The quantitative estimate of drug-likeness (QED) is 0.654. The fourth-order valence-electron chi connectivity index (χ4n) is 1.20. The van der Waals surface area contributed by atoms with Crippen LogP contribution in [0.3, 0.4) is 0 Å². The lowest BCUT2D eigenvalue weighted by Gasteiger charge is -2.11. The zero-order valence-corrected chi connectivity index (χ0v) is 9.11. The first-order valence-corrected chi connectivity index (χ1v) is 5.41. The van der Waals surface area contributed by atoms with E-state index in [0.29, 0.717) is 5.56 Å². The van der Waals surface area contributed by atoms with Crippen molar-refractivity contribution in [1.82, 2.24) is 0 Å². The van der Waals surface area contributed by atoms with Gasteiger partial charge in [0.1, 0.15) is 0 Å². The molecule has 0 saturated heterocycles. The summed E-state index contributed by atoms with van der Waals surface area (Å²) in [6.07, 6.45) is 0.172. The molecule has 1 atom stereocenters. The molecule has 1 aromatic carbocycles.